The van der Waals surface area contributed by atoms with Crippen molar-refractivity contribution >= 4 is 33.3 Å². The van der Waals surface area contributed by atoms with Gasteiger partial charge in [0.05, 0.1) is 5.02 Å². The highest BCUT2D eigenvalue weighted by Crippen LogP contribution is 2.20. The Bertz CT molecular complexity index is 598. The molecule has 0 aliphatic carbocycles. The second kappa shape index (κ2) is 5.63. The molecule has 2 aromatic carbocycles. The lowest BCUT2D eigenvalue weighted by Crippen LogP contribution is -2.04. The van der Waals surface area contributed by atoms with Crippen molar-refractivity contribution in [2.45, 2.75) is 6.42 Å². The van der Waals surface area contributed by atoms with Crippen molar-refractivity contribution < 1.29 is 9.18 Å². The molecular weight excluding hydrogens is 319 g/mol. The number of Topliss-reactive ketones (excluding diaryl/α,β-unsaturated/α-hetero) is 1. The van der Waals surface area contributed by atoms with E-state index in [1.807, 2.05) is 24.3 Å². The maximum Gasteiger partial charge on any atom is 0.168 e. The van der Waals surface area contributed by atoms with E-state index in [2.05, 4.69) is 15.9 Å². The Hall–Kier alpha value is -1.19. The van der Waals surface area contributed by atoms with Crippen molar-refractivity contribution in [1.29, 1.82) is 0 Å². The van der Waals surface area contributed by atoms with Crippen molar-refractivity contribution in [3.63, 3.8) is 0 Å². The summed E-state index contributed by atoms with van der Waals surface area (Å²) in [6.45, 7) is 0. The molecular formula is C14H9BrClFO. The van der Waals surface area contributed by atoms with Gasteiger partial charge in [-0.05, 0) is 35.9 Å². The Morgan fingerprint density at radius 2 is 2.00 bits per heavy atom. The molecule has 2 aromatic rings. The van der Waals surface area contributed by atoms with Crippen LogP contribution in [0.4, 0.5) is 4.39 Å². The molecule has 18 heavy (non-hydrogen) atoms. The molecule has 0 fully saturated rings. The summed E-state index contributed by atoms with van der Waals surface area (Å²) < 4.78 is 14.0. The molecule has 0 radical (unpaired) electrons. The lowest BCUT2D eigenvalue weighted by molar-refractivity contribution is 0.0992. The van der Waals surface area contributed by atoms with E-state index in [1.165, 1.54) is 18.2 Å². The van der Waals surface area contributed by atoms with E-state index in [1.54, 1.807) is 0 Å². The number of hydrogen-bond donors (Lipinski definition) is 0. The molecule has 0 saturated heterocycles. The molecule has 0 bridgehead atoms. The third-order valence-electron chi connectivity index (χ3n) is 2.48. The number of hydrogen-bond acceptors (Lipinski definition) is 1. The fourth-order valence-corrected chi connectivity index (χ4v) is 2.31. The zero-order chi connectivity index (χ0) is 13.1. The van der Waals surface area contributed by atoms with Gasteiger partial charge in [0.2, 0.25) is 0 Å². The zero-order valence-corrected chi connectivity index (χ0v) is 11.6. The van der Waals surface area contributed by atoms with Gasteiger partial charge in [-0.3, -0.25) is 4.79 Å². The summed E-state index contributed by atoms with van der Waals surface area (Å²) in [4.78, 5) is 12.0. The van der Waals surface area contributed by atoms with Gasteiger partial charge < -0.3 is 0 Å². The number of carbonyl (C=O) groups is 1. The lowest BCUT2D eigenvalue weighted by atomic mass is 10.0. The molecule has 92 valence electrons. The van der Waals surface area contributed by atoms with Crippen LogP contribution < -0.4 is 0 Å². The third-order valence-corrected chi connectivity index (χ3v) is 3.31. The Morgan fingerprint density at radius 1 is 1.22 bits per heavy atom. The first-order valence-corrected chi connectivity index (χ1v) is 6.46. The van der Waals surface area contributed by atoms with Gasteiger partial charge in [-0.1, -0.05) is 39.7 Å². The highest BCUT2D eigenvalue weighted by Gasteiger charge is 2.12. The second-order valence-corrected chi connectivity index (χ2v) is 5.18. The average Bonchev–Trinajstić information content (AvgIpc) is 2.32. The van der Waals surface area contributed by atoms with Crippen molar-refractivity contribution in [3.05, 3.63) is 68.9 Å². The SMILES string of the molecule is O=C(Cc1cccc(Br)c1)c1cc(F)ccc1Cl. The molecule has 0 aromatic heterocycles. The normalized spacial score (nSPS) is 10.4. The fraction of sp³-hybridized carbons (Fsp3) is 0.0714. The fourth-order valence-electron chi connectivity index (χ4n) is 1.64. The van der Waals surface area contributed by atoms with E-state index in [0.717, 1.165) is 10.0 Å². The molecule has 0 heterocycles. The van der Waals surface area contributed by atoms with Gasteiger partial charge in [-0.15, -0.1) is 0 Å². The van der Waals surface area contributed by atoms with Crippen LogP contribution in [0.25, 0.3) is 0 Å². The standard InChI is InChI=1S/C14H9BrClFO/c15-10-3-1-2-9(6-10)7-14(18)12-8-11(17)4-5-13(12)16/h1-6,8H,7H2. The first-order valence-electron chi connectivity index (χ1n) is 5.29. The first kappa shape index (κ1) is 13.2. The predicted octanol–water partition coefficient (Wildman–Crippen LogP) is 4.67. The minimum absolute atomic E-state index is 0.197. The van der Waals surface area contributed by atoms with Crippen LogP contribution in [0.1, 0.15) is 15.9 Å². The third kappa shape index (κ3) is 3.18. The number of ketones is 1. The van der Waals surface area contributed by atoms with Gasteiger partial charge in [0, 0.05) is 16.5 Å². The van der Waals surface area contributed by atoms with Gasteiger partial charge >= 0.3 is 0 Å². The minimum Gasteiger partial charge on any atom is -0.294 e. The van der Waals surface area contributed by atoms with E-state index < -0.39 is 5.82 Å². The van der Waals surface area contributed by atoms with Crippen LogP contribution in [0.15, 0.2) is 46.9 Å². The smallest absolute Gasteiger partial charge is 0.168 e. The van der Waals surface area contributed by atoms with Crippen LogP contribution in [0.3, 0.4) is 0 Å². The zero-order valence-electron chi connectivity index (χ0n) is 9.29. The summed E-state index contributed by atoms with van der Waals surface area (Å²) in [6, 6.07) is 11.2. The molecule has 0 N–H and O–H groups in total. The molecule has 0 aliphatic heterocycles. The number of carbonyl (C=O) groups excluding carboxylic acids is 1. The maximum absolute atomic E-state index is 13.1. The van der Waals surface area contributed by atoms with Gasteiger partial charge in [0.25, 0.3) is 0 Å². The van der Waals surface area contributed by atoms with Crippen LogP contribution >= 0.6 is 27.5 Å². The van der Waals surface area contributed by atoms with Gasteiger partial charge in [0.15, 0.2) is 5.78 Å². The summed E-state index contributed by atoms with van der Waals surface area (Å²) in [5.41, 5.74) is 1.08. The Labute approximate surface area is 118 Å². The summed E-state index contributed by atoms with van der Waals surface area (Å²) in [5.74, 6) is -0.658. The average molecular weight is 328 g/mol. The largest absolute Gasteiger partial charge is 0.294 e. The summed E-state index contributed by atoms with van der Waals surface area (Å²) in [6.07, 6.45) is 0.197. The van der Waals surface area contributed by atoms with Crippen LogP contribution in [0, 0.1) is 5.82 Å². The summed E-state index contributed by atoms with van der Waals surface area (Å²) in [7, 11) is 0. The first-order chi connectivity index (χ1) is 8.56. The quantitative estimate of drug-likeness (QED) is 0.749. The Kier molecular flexibility index (Phi) is 4.15. The van der Waals surface area contributed by atoms with Crippen LogP contribution in [-0.2, 0) is 6.42 Å². The summed E-state index contributed by atoms with van der Waals surface area (Å²) in [5, 5.41) is 0.274. The van der Waals surface area contributed by atoms with Crippen LogP contribution in [0.2, 0.25) is 5.02 Å². The molecule has 2 rings (SSSR count). The van der Waals surface area contributed by atoms with Crippen LogP contribution in [-0.4, -0.2) is 5.78 Å². The van der Waals surface area contributed by atoms with Crippen molar-refractivity contribution in [2.75, 3.05) is 0 Å². The Morgan fingerprint density at radius 3 is 2.72 bits per heavy atom. The van der Waals surface area contributed by atoms with E-state index in [4.69, 9.17) is 11.6 Å². The van der Waals surface area contributed by atoms with Crippen molar-refractivity contribution in [3.8, 4) is 0 Å². The van der Waals surface area contributed by atoms with Crippen molar-refractivity contribution in [1.82, 2.24) is 0 Å². The van der Waals surface area contributed by atoms with Gasteiger partial charge in [-0.25, -0.2) is 4.39 Å². The van der Waals surface area contributed by atoms with E-state index in [-0.39, 0.29) is 22.8 Å². The number of halogens is 3. The summed E-state index contributed by atoms with van der Waals surface area (Å²) >= 11 is 9.23. The molecule has 0 aliphatic rings. The minimum atomic E-state index is -0.461. The van der Waals surface area contributed by atoms with E-state index in [9.17, 15) is 9.18 Å². The molecule has 0 saturated carbocycles. The molecule has 4 heteroatoms. The van der Waals surface area contributed by atoms with Gasteiger partial charge in [0.1, 0.15) is 5.82 Å². The van der Waals surface area contributed by atoms with Crippen LogP contribution in [0.5, 0.6) is 0 Å². The second-order valence-electron chi connectivity index (χ2n) is 3.85. The number of benzene rings is 2. The highest BCUT2D eigenvalue weighted by atomic mass is 79.9. The van der Waals surface area contributed by atoms with E-state index >= 15 is 0 Å². The van der Waals surface area contributed by atoms with Gasteiger partial charge in [-0.2, -0.15) is 0 Å². The maximum atomic E-state index is 13.1. The Balaban J connectivity index is 2.24. The number of rotatable bonds is 3. The monoisotopic (exact) mass is 326 g/mol. The van der Waals surface area contributed by atoms with Crippen molar-refractivity contribution in [2.24, 2.45) is 0 Å². The molecule has 0 atom stereocenters. The van der Waals surface area contributed by atoms with E-state index in [0.29, 0.717) is 0 Å². The predicted molar refractivity (Wildman–Crippen MR) is 73.6 cm³/mol. The molecule has 1 nitrogen and oxygen atoms in total. The topological polar surface area (TPSA) is 17.1 Å². The molecule has 0 amide bonds. The highest BCUT2D eigenvalue weighted by molar-refractivity contribution is 9.10. The lowest BCUT2D eigenvalue weighted by Gasteiger charge is -2.04. The molecule has 0 spiro atoms. The molecule has 0 unspecified atom stereocenters.